The molecule has 0 atom stereocenters. The molecular formula is C12H9NO2S. The third-order valence-corrected chi connectivity index (χ3v) is 3.72. The van der Waals surface area contributed by atoms with Crippen LogP contribution >= 0.6 is 11.3 Å². The summed E-state index contributed by atoms with van der Waals surface area (Å²) in [6.07, 6.45) is 2.76. The number of methoxy groups -OCH3 is 1. The zero-order valence-corrected chi connectivity index (χ0v) is 9.43. The molecule has 2 heterocycles. The lowest BCUT2D eigenvalue weighted by atomic mass is 10.1. The van der Waals surface area contributed by atoms with Crippen LogP contribution in [0.25, 0.3) is 21.0 Å². The molecule has 0 fully saturated rings. The number of benzene rings is 1. The van der Waals surface area contributed by atoms with Crippen LogP contribution in [0.15, 0.2) is 23.7 Å². The average Bonchev–Trinajstić information content (AvgIpc) is 2.93. The second kappa shape index (κ2) is 3.35. The number of hydrogen-bond donors (Lipinski definition) is 1. The predicted molar refractivity (Wildman–Crippen MR) is 65.6 cm³/mol. The minimum atomic E-state index is 0.688. The van der Waals surface area contributed by atoms with Crippen LogP contribution in [0.3, 0.4) is 0 Å². The van der Waals surface area contributed by atoms with E-state index in [4.69, 9.17) is 4.74 Å². The summed E-state index contributed by atoms with van der Waals surface area (Å²) in [7, 11) is 1.62. The molecule has 3 aromatic rings. The Morgan fingerprint density at radius 1 is 1.50 bits per heavy atom. The normalized spacial score (nSPS) is 11.1. The van der Waals surface area contributed by atoms with Gasteiger partial charge in [-0.2, -0.15) is 0 Å². The van der Waals surface area contributed by atoms with E-state index in [0.29, 0.717) is 5.56 Å². The summed E-state index contributed by atoms with van der Waals surface area (Å²) in [5, 5.41) is 3.86. The topological polar surface area (TPSA) is 42.1 Å². The van der Waals surface area contributed by atoms with Gasteiger partial charge in [0.15, 0.2) is 6.29 Å². The van der Waals surface area contributed by atoms with Gasteiger partial charge in [0.2, 0.25) is 0 Å². The number of carbonyl (C=O) groups excluding carboxylic acids is 1. The van der Waals surface area contributed by atoms with Gasteiger partial charge in [0.25, 0.3) is 0 Å². The summed E-state index contributed by atoms with van der Waals surface area (Å²) < 4.78 is 6.41. The van der Waals surface area contributed by atoms with Crippen molar-refractivity contribution in [3.05, 3.63) is 29.3 Å². The quantitative estimate of drug-likeness (QED) is 0.688. The molecule has 3 nitrogen and oxygen atoms in total. The van der Waals surface area contributed by atoms with Gasteiger partial charge in [-0.3, -0.25) is 4.79 Å². The third-order valence-electron chi connectivity index (χ3n) is 2.71. The summed E-state index contributed by atoms with van der Waals surface area (Å²) in [6, 6.07) is 3.95. The lowest BCUT2D eigenvalue weighted by molar-refractivity contribution is 0.112. The van der Waals surface area contributed by atoms with Crippen LogP contribution in [-0.2, 0) is 0 Å². The Bertz CT molecular complexity index is 681. The molecule has 3 rings (SSSR count). The lowest BCUT2D eigenvalue weighted by Gasteiger charge is -2.03. The number of fused-ring (bicyclic) bond motifs is 3. The van der Waals surface area contributed by atoms with Crippen molar-refractivity contribution in [1.29, 1.82) is 0 Å². The standard InChI is InChI=1S/C12H9NO2S/c1-15-9-4-7-2-3-13-11(7)12-10(9)8(5-14)6-16-12/h2-6,13H,1H3. The van der Waals surface area contributed by atoms with E-state index in [0.717, 1.165) is 33.0 Å². The number of H-pyrrole nitrogens is 1. The van der Waals surface area contributed by atoms with Crippen LogP contribution in [-0.4, -0.2) is 18.4 Å². The van der Waals surface area contributed by atoms with E-state index in [2.05, 4.69) is 4.98 Å². The van der Waals surface area contributed by atoms with Gasteiger partial charge in [-0.25, -0.2) is 0 Å². The molecule has 0 saturated carbocycles. The summed E-state index contributed by atoms with van der Waals surface area (Å²) in [6.45, 7) is 0. The maximum absolute atomic E-state index is 11.0. The van der Waals surface area contributed by atoms with Crippen molar-refractivity contribution < 1.29 is 9.53 Å². The molecule has 80 valence electrons. The van der Waals surface area contributed by atoms with Gasteiger partial charge in [-0.15, -0.1) is 11.3 Å². The molecule has 0 amide bonds. The first kappa shape index (κ1) is 9.42. The molecule has 1 aromatic carbocycles. The monoisotopic (exact) mass is 231 g/mol. The first-order valence-corrected chi connectivity index (χ1v) is 5.73. The third kappa shape index (κ3) is 1.10. The fourth-order valence-electron chi connectivity index (χ4n) is 1.97. The Balaban J connectivity index is 2.57. The first-order chi connectivity index (χ1) is 7.85. The number of ether oxygens (including phenoxy) is 1. The van der Waals surface area contributed by atoms with Crippen molar-refractivity contribution in [3.8, 4) is 5.75 Å². The van der Waals surface area contributed by atoms with Crippen LogP contribution in [0.5, 0.6) is 5.75 Å². The number of rotatable bonds is 2. The zero-order valence-electron chi connectivity index (χ0n) is 8.61. The second-order valence-electron chi connectivity index (χ2n) is 3.53. The molecule has 0 radical (unpaired) electrons. The summed E-state index contributed by atoms with van der Waals surface area (Å²) >= 11 is 1.56. The first-order valence-electron chi connectivity index (χ1n) is 4.85. The van der Waals surface area contributed by atoms with E-state index in [9.17, 15) is 4.79 Å². The number of hydrogen-bond acceptors (Lipinski definition) is 3. The molecule has 1 N–H and O–H groups in total. The number of nitrogens with one attached hydrogen (secondary N) is 1. The molecule has 0 aliphatic rings. The Labute approximate surface area is 95.6 Å². The van der Waals surface area contributed by atoms with E-state index in [1.54, 1.807) is 18.4 Å². The van der Waals surface area contributed by atoms with Gasteiger partial charge in [0, 0.05) is 27.9 Å². The molecule has 0 spiro atoms. The van der Waals surface area contributed by atoms with Crippen molar-refractivity contribution in [2.24, 2.45) is 0 Å². The van der Waals surface area contributed by atoms with Gasteiger partial charge in [-0.05, 0) is 12.1 Å². The van der Waals surface area contributed by atoms with Gasteiger partial charge in [0.05, 0.1) is 17.3 Å². The van der Waals surface area contributed by atoms with Gasteiger partial charge >= 0.3 is 0 Å². The van der Waals surface area contributed by atoms with Crippen molar-refractivity contribution in [2.45, 2.75) is 0 Å². The van der Waals surface area contributed by atoms with Gasteiger partial charge < -0.3 is 9.72 Å². The highest BCUT2D eigenvalue weighted by Crippen LogP contribution is 2.38. The van der Waals surface area contributed by atoms with E-state index < -0.39 is 0 Å². The van der Waals surface area contributed by atoms with Crippen molar-refractivity contribution in [3.63, 3.8) is 0 Å². The average molecular weight is 231 g/mol. The zero-order chi connectivity index (χ0) is 11.1. The summed E-state index contributed by atoms with van der Waals surface area (Å²) in [5.41, 5.74) is 1.75. The minimum absolute atomic E-state index is 0.688. The Morgan fingerprint density at radius 2 is 2.38 bits per heavy atom. The van der Waals surface area contributed by atoms with Crippen LogP contribution in [0.2, 0.25) is 0 Å². The van der Waals surface area contributed by atoms with Crippen molar-refractivity contribution in [1.82, 2.24) is 4.98 Å². The summed E-state index contributed by atoms with van der Waals surface area (Å²) in [4.78, 5) is 14.2. The van der Waals surface area contributed by atoms with E-state index in [1.807, 2.05) is 23.7 Å². The molecule has 4 heteroatoms. The SMILES string of the molecule is COc1cc2cc[nH]c2c2scc(C=O)c12. The predicted octanol–water partition coefficient (Wildman–Crippen LogP) is 3.20. The molecule has 0 bridgehead atoms. The van der Waals surface area contributed by atoms with Crippen LogP contribution in [0, 0.1) is 0 Å². The Morgan fingerprint density at radius 3 is 3.12 bits per heavy atom. The maximum atomic E-state index is 11.0. The fraction of sp³-hybridized carbons (Fsp3) is 0.0833. The molecule has 0 unspecified atom stereocenters. The molecule has 16 heavy (non-hydrogen) atoms. The van der Waals surface area contributed by atoms with E-state index >= 15 is 0 Å². The van der Waals surface area contributed by atoms with Gasteiger partial charge in [0.1, 0.15) is 5.75 Å². The summed E-state index contributed by atoms with van der Waals surface area (Å²) in [5.74, 6) is 0.755. The number of carbonyl (C=O) groups is 1. The molecule has 0 aliphatic heterocycles. The number of aromatic amines is 1. The van der Waals surface area contributed by atoms with Crippen molar-refractivity contribution >= 4 is 38.6 Å². The largest absolute Gasteiger partial charge is 0.496 e. The lowest BCUT2D eigenvalue weighted by Crippen LogP contribution is -1.86. The highest BCUT2D eigenvalue weighted by molar-refractivity contribution is 7.18. The van der Waals surface area contributed by atoms with Crippen molar-refractivity contribution in [2.75, 3.05) is 7.11 Å². The minimum Gasteiger partial charge on any atom is -0.496 e. The van der Waals surface area contributed by atoms with E-state index in [1.165, 1.54) is 0 Å². The van der Waals surface area contributed by atoms with Crippen LogP contribution < -0.4 is 4.74 Å². The van der Waals surface area contributed by atoms with Gasteiger partial charge in [-0.1, -0.05) is 0 Å². The second-order valence-corrected chi connectivity index (χ2v) is 4.41. The van der Waals surface area contributed by atoms with E-state index in [-0.39, 0.29) is 0 Å². The molecular weight excluding hydrogens is 222 g/mol. The molecule has 2 aromatic heterocycles. The molecule has 0 aliphatic carbocycles. The number of thiophene rings is 1. The highest BCUT2D eigenvalue weighted by atomic mass is 32.1. The fourth-order valence-corrected chi connectivity index (χ4v) is 3.02. The van der Waals surface area contributed by atoms with Crippen LogP contribution in [0.1, 0.15) is 10.4 Å². The smallest absolute Gasteiger partial charge is 0.151 e. The highest BCUT2D eigenvalue weighted by Gasteiger charge is 2.13. The van der Waals surface area contributed by atoms with Crippen LogP contribution in [0.4, 0.5) is 0 Å². The maximum Gasteiger partial charge on any atom is 0.151 e. The molecule has 0 saturated heterocycles. The Kier molecular flexibility index (Phi) is 1.97. The number of aromatic nitrogens is 1. The number of aldehydes is 1. The Hall–Kier alpha value is -1.81.